The SMILES string of the molecule is O=C(N1CCCC1)N1Cc2ccccc2C1. The number of rotatable bonds is 0. The molecule has 1 aromatic rings. The van der Waals surface area contributed by atoms with Gasteiger partial charge in [0, 0.05) is 26.2 Å². The Hall–Kier alpha value is -1.51. The molecule has 84 valence electrons. The van der Waals surface area contributed by atoms with Gasteiger partial charge in [0.2, 0.25) is 0 Å². The molecule has 2 heterocycles. The van der Waals surface area contributed by atoms with Crippen molar-refractivity contribution in [2.45, 2.75) is 25.9 Å². The standard InChI is InChI=1S/C13H16N2O/c16-13(14-7-3-4-8-14)15-9-11-5-1-2-6-12(11)10-15/h1-2,5-6H,3-4,7-10H2. The molecule has 3 heteroatoms. The molecule has 2 aliphatic rings. The third-order valence-electron chi connectivity index (χ3n) is 3.49. The first-order valence-electron chi connectivity index (χ1n) is 5.95. The molecule has 2 amide bonds. The molecule has 16 heavy (non-hydrogen) atoms. The molecule has 1 aromatic carbocycles. The second kappa shape index (κ2) is 3.81. The van der Waals surface area contributed by atoms with Crippen LogP contribution in [0, 0.1) is 0 Å². The van der Waals surface area contributed by atoms with Gasteiger partial charge in [-0.15, -0.1) is 0 Å². The third kappa shape index (κ3) is 1.56. The normalized spacial score (nSPS) is 19.0. The van der Waals surface area contributed by atoms with Gasteiger partial charge in [0.25, 0.3) is 0 Å². The fraction of sp³-hybridized carbons (Fsp3) is 0.462. The average Bonchev–Trinajstić information content (AvgIpc) is 2.97. The van der Waals surface area contributed by atoms with Crippen molar-refractivity contribution in [1.82, 2.24) is 9.80 Å². The van der Waals surface area contributed by atoms with Crippen LogP contribution < -0.4 is 0 Å². The van der Waals surface area contributed by atoms with E-state index in [1.165, 1.54) is 11.1 Å². The van der Waals surface area contributed by atoms with Gasteiger partial charge in [0.05, 0.1) is 0 Å². The van der Waals surface area contributed by atoms with Gasteiger partial charge in [0.1, 0.15) is 0 Å². The van der Waals surface area contributed by atoms with E-state index in [4.69, 9.17) is 0 Å². The number of carbonyl (C=O) groups is 1. The molecule has 0 aliphatic carbocycles. The van der Waals surface area contributed by atoms with Crippen LogP contribution in [0.3, 0.4) is 0 Å². The van der Waals surface area contributed by atoms with Gasteiger partial charge in [-0.1, -0.05) is 24.3 Å². The summed E-state index contributed by atoms with van der Waals surface area (Å²) in [5.41, 5.74) is 2.60. The first-order valence-corrected chi connectivity index (χ1v) is 5.95. The Kier molecular flexibility index (Phi) is 2.31. The number of benzene rings is 1. The van der Waals surface area contributed by atoms with Gasteiger partial charge in [0.15, 0.2) is 0 Å². The number of likely N-dealkylation sites (tertiary alicyclic amines) is 1. The van der Waals surface area contributed by atoms with Crippen molar-refractivity contribution < 1.29 is 4.79 Å². The summed E-state index contributed by atoms with van der Waals surface area (Å²) >= 11 is 0. The molecule has 1 saturated heterocycles. The molecule has 0 aromatic heterocycles. The maximum absolute atomic E-state index is 12.2. The van der Waals surface area contributed by atoms with Gasteiger partial charge < -0.3 is 9.80 Å². The van der Waals surface area contributed by atoms with E-state index in [-0.39, 0.29) is 6.03 Å². The molecular formula is C13H16N2O. The molecule has 1 fully saturated rings. The largest absolute Gasteiger partial charge is 0.325 e. The van der Waals surface area contributed by atoms with Crippen molar-refractivity contribution in [3.63, 3.8) is 0 Å². The lowest BCUT2D eigenvalue weighted by Crippen LogP contribution is -2.38. The number of amides is 2. The quantitative estimate of drug-likeness (QED) is 0.652. The van der Waals surface area contributed by atoms with Crippen LogP contribution in [0.1, 0.15) is 24.0 Å². The van der Waals surface area contributed by atoms with Crippen molar-refractivity contribution in [3.8, 4) is 0 Å². The van der Waals surface area contributed by atoms with E-state index in [0.717, 1.165) is 39.0 Å². The molecule has 0 unspecified atom stereocenters. The lowest BCUT2D eigenvalue weighted by molar-refractivity contribution is 0.162. The van der Waals surface area contributed by atoms with Crippen LogP contribution in [0.2, 0.25) is 0 Å². The number of nitrogens with zero attached hydrogens (tertiary/aromatic N) is 2. The zero-order chi connectivity index (χ0) is 11.0. The predicted molar refractivity (Wildman–Crippen MR) is 61.9 cm³/mol. The van der Waals surface area contributed by atoms with E-state index in [0.29, 0.717) is 0 Å². The van der Waals surface area contributed by atoms with E-state index in [2.05, 4.69) is 12.1 Å². The molecule has 0 spiro atoms. The summed E-state index contributed by atoms with van der Waals surface area (Å²) in [6.45, 7) is 3.44. The maximum Gasteiger partial charge on any atom is 0.320 e. The van der Waals surface area contributed by atoms with E-state index >= 15 is 0 Å². The highest BCUT2D eigenvalue weighted by atomic mass is 16.2. The van der Waals surface area contributed by atoms with Crippen molar-refractivity contribution in [2.24, 2.45) is 0 Å². The van der Waals surface area contributed by atoms with Crippen LogP contribution in [0.5, 0.6) is 0 Å². The Morgan fingerprint density at radius 1 is 0.938 bits per heavy atom. The minimum atomic E-state index is 0.216. The minimum Gasteiger partial charge on any atom is -0.325 e. The number of urea groups is 1. The monoisotopic (exact) mass is 216 g/mol. The number of hydrogen-bond acceptors (Lipinski definition) is 1. The highest BCUT2D eigenvalue weighted by Gasteiger charge is 2.28. The third-order valence-corrected chi connectivity index (χ3v) is 3.49. The van der Waals surface area contributed by atoms with E-state index in [1.54, 1.807) is 0 Å². The van der Waals surface area contributed by atoms with Crippen LogP contribution >= 0.6 is 0 Å². The molecule has 0 atom stereocenters. The fourth-order valence-corrected chi connectivity index (χ4v) is 2.58. The molecule has 3 rings (SSSR count). The second-order valence-corrected chi connectivity index (χ2v) is 4.60. The summed E-state index contributed by atoms with van der Waals surface area (Å²) in [4.78, 5) is 16.1. The Morgan fingerprint density at radius 3 is 2.06 bits per heavy atom. The molecule has 0 N–H and O–H groups in total. The fourth-order valence-electron chi connectivity index (χ4n) is 2.58. The summed E-state index contributed by atoms with van der Waals surface area (Å²) in [5.74, 6) is 0. The first-order chi connectivity index (χ1) is 7.84. The number of fused-ring (bicyclic) bond motifs is 1. The van der Waals surface area contributed by atoms with Crippen molar-refractivity contribution in [3.05, 3.63) is 35.4 Å². The Balaban J connectivity index is 1.73. The summed E-state index contributed by atoms with van der Waals surface area (Å²) in [7, 11) is 0. The Labute approximate surface area is 95.7 Å². The summed E-state index contributed by atoms with van der Waals surface area (Å²) < 4.78 is 0. The van der Waals surface area contributed by atoms with Gasteiger partial charge in [-0.3, -0.25) is 0 Å². The van der Waals surface area contributed by atoms with Crippen LogP contribution in [-0.2, 0) is 13.1 Å². The lowest BCUT2D eigenvalue weighted by atomic mass is 10.1. The van der Waals surface area contributed by atoms with Gasteiger partial charge in [-0.05, 0) is 24.0 Å². The lowest BCUT2D eigenvalue weighted by Gasteiger charge is -2.23. The molecule has 0 bridgehead atoms. The number of carbonyl (C=O) groups excluding carboxylic acids is 1. The summed E-state index contributed by atoms with van der Waals surface area (Å²) in [6, 6.07) is 8.54. The van der Waals surface area contributed by atoms with E-state index in [9.17, 15) is 4.79 Å². The van der Waals surface area contributed by atoms with Crippen LogP contribution in [0.25, 0.3) is 0 Å². The van der Waals surface area contributed by atoms with Gasteiger partial charge in [-0.25, -0.2) is 4.79 Å². The van der Waals surface area contributed by atoms with Crippen LogP contribution in [0.4, 0.5) is 4.79 Å². The summed E-state index contributed by atoms with van der Waals surface area (Å²) in [6.07, 6.45) is 2.32. The maximum atomic E-state index is 12.2. The zero-order valence-electron chi connectivity index (χ0n) is 9.35. The van der Waals surface area contributed by atoms with Crippen LogP contribution in [-0.4, -0.2) is 28.9 Å². The van der Waals surface area contributed by atoms with Crippen molar-refractivity contribution in [2.75, 3.05) is 13.1 Å². The minimum absolute atomic E-state index is 0.216. The topological polar surface area (TPSA) is 23.6 Å². The van der Waals surface area contributed by atoms with Crippen LogP contribution in [0.15, 0.2) is 24.3 Å². The molecule has 3 nitrogen and oxygen atoms in total. The predicted octanol–water partition coefficient (Wildman–Crippen LogP) is 2.22. The smallest absolute Gasteiger partial charge is 0.320 e. The Morgan fingerprint density at radius 2 is 1.50 bits per heavy atom. The molecule has 0 radical (unpaired) electrons. The second-order valence-electron chi connectivity index (χ2n) is 4.60. The highest BCUT2D eigenvalue weighted by molar-refractivity contribution is 5.75. The highest BCUT2D eigenvalue weighted by Crippen LogP contribution is 2.24. The van der Waals surface area contributed by atoms with Gasteiger partial charge in [-0.2, -0.15) is 0 Å². The molecular weight excluding hydrogens is 200 g/mol. The Bertz CT molecular complexity index is 385. The molecule has 0 saturated carbocycles. The van der Waals surface area contributed by atoms with E-state index in [1.807, 2.05) is 21.9 Å². The first kappa shape index (κ1) is 9.70. The van der Waals surface area contributed by atoms with E-state index < -0.39 is 0 Å². The molecule has 2 aliphatic heterocycles. The summed E-state index contributed by atoms with van der Waals surface area (Å²) in [5, 5.41) is 0. The van der Waals surface area contributed by atoms with Gasteiger partial charge >= 0.3 is 6.03 Å². The zero-order valence-corrected chi connectivity index (χ0v) is 9.35. The average molecular weight is 216 g/mol. The van der Waals surface area contributed by atoms with Crippen molar-refractivity contribution in [1.29, 1.82) is 0 Å². The van der Waals surface area contributed by atoms with Crippen molar-refractivity contribution >= 4 is 6.03 Å². The number of hydrogen-bond donors (Lipinski definition) is 0.